The van der Waals surface area contributed by atoms with Crippen LogP contribution in [0.25, 0.3) is 27.8 Å². The molecule has 0 spiro atoms. The molecule has 1 unspecified atom stereocenters. The van der Waals surface area contributed by atoms with Crippen molar-refractivity contribution in [2.24, 2.45) is 5.92 Å². The van der Waals surface area contributed by atoms with Crippen molar-refractivity contribution in [2.45, 2.75) is 58.8 Å². The molecule has 0 saturated heterocycles. The molecule has 0 nitrogen and oxygen atoms in total. The van der Waals surface area contributed by atoms with E-state index in [1.807, 2.05) is 31.2 Å². The first kappa shape index (κ1) is 25.0. The Morgan fingerprint density at radius 2 is 1.54 bits per heavy atom. The van der Waals surface area contributed by atoms with Gasteiger partial charge in [-0.3, -0.25) is 0 Å². The fourth-order valence-corrected chi connectivity index (χ4v) is 4.91. The Bertz CT molecular complexity index is 1220. The van der Waals surface area contributed by atoms with Crippen LogP contribution in [0.15, 0.2) is 72.8 Å². The Balaban J connectivity index is 1.51. The van der Waals surface area contributed by atoms with Crippen LogP contribution in [0, 0.1) is 23.4 Å². The Hall–Kier alpha value is -3.07. The highest BCUT2D eigenvalue weighted by atomic mass is 19.2. The number of hydrogen-bond donors (Lipinski definition) is 0. The van der Waals surface area contributed by atoms with Crippen LogP contribution in [0.3, 0.4) is 0 Å². The summed E-state index contributed by atoms with van der Waals surface area (Å²) in [6.07, 6.45) is 12.8. The van der Waals surface area contributed by atoms with Gasteiger partial charge in [0.05, 0.1) is 0 Å². The number of hydrogen-bond acceptors (Lipinski definition) is 0. The highest BCUT2D eigenvalue weighted by Gasteiger charge is 2.17. The number of benzene rings is 3. The average Bonchev–Trinajstić information content (AvgIpc) is 2.88. The molecule has 182 valence electrons. The van der Waals surface area contributed by atoms with Gasteiger partial charge in [-0.2, -0.15) is 0 Å². The van der Waals surface area contributed by atoms with Crippen LogP contribution in [-0.4, -0.2) is 0 Å². The van der Waals surface area contributed by atoms with E-state index in [1.54, 1.807) is 30.3 Å². The molecule has 1 atom stereocenters. The second-order valence-electron chi connectivity index (χ2n) is 9.42. The van der Waals surface area contributed by atoms with Crippen LogP contribution < -0.4 is 0 Å². The summed E-state index contributed by atoms with van der Waals surface area (Å²) in [4.78, 5) is 0. The first-order valence-electron chi connectivity index (χ1n) is 12.7. The fraction of sp³-hybridized carbons (Fsp3) is 0.312. The summed E-state index contributed by atoms with van der Waals surface area (Å²) >= 11 is 0. The lowest BCUT2D eigenvalue weighted by atomic mass is 9.86. The molecule has 3 heteroatoms. The summed E-state index contributed by atoms with van der Waals surface area (Å²) < 4.78 is 44.4. The van der Waals surface area contributed by atoms with E-state index < -0.39 is 11.6 Å². The minimum Gasteiger partial charge on any atom is -0.206 e. The monoisotopic (exact) mass is 474 g/mol. The average molecular weight is 475 g/mol. The predicted molar refractivity (Wildman–Crippen MR) is 141 cm³/mol. The summed E-state index contributed by atoms with van der Waals surface area (Å²) in [6, 6.07) is 15.9. The van der Waals surface area contributed by atoms with E-state index in [-0.39, 0.29) is 11.4 Å². The van der Waals surface area contributed by atoms with E-state index in [2.05, 4.69) is 25.2 Å². The van der Waals surface area contributed by atoms with Gasteiger partial charge in [-0.05, 0) is 78.8 Å². The second kappa shape index (κ2) is 11.6. The van der Waals surface area contributed by atoms with Crippen LogP contribution in [0.4, 0.5) is 13.2 Å². The standard InChI is InChI=1S/C32H33F3/c1-3-5-6-8-26-17-20-29(32(35)31(26)34)25-15-13-23(14-16-25)27-18-19-28(30(33)21-27)24-11-9-22(7-4-2)10-12-24/h4,7,11,13-22H,3,5-6,8-10,12H2,1-2H3/b7-4+. The molecular weight excluding hydrogens is 441 g/mol. The summed E-state index contributed by atoms with van der Waals surface area (Å²) in [7, 11) is 0. The molecule has 3 aromatic rings. The van der Waals surface area contributed by atoms with Crippen LogP contribution >= 0.6 is 0 Å². The highest BCUT2D eigenvalue weighted by Crippen LogP contribution is 2.34. The molecule has 0 fully saturated rings. The van der Waals surface area contributed by atoms with Crippen molar-refractivity contribution in [1.82, 2.24) is 0 Å². The van der Waals surface area contributed by atoms with E-state index in [0.717, 1.165) is 55.2 Å². The van der Waals surface area contributed by atoms with E-state index in [0.29, 0.717) is 29.0 Å². The Labute approximate surface area is 207 Å². The molecule has 1 aliphatic carbocycles. The van der Waals surface area contributed by atoms with Gasteiger partial charge in [0.1, 0.15) is 5.82 Å². The number of rotatable bonds is 8. The van der Waals surface area contributed by atoms with Crippen LogP contribution in [0.2, 0.25) is 0 Å². The van der Waals surface area contributed by atoms with Crippen molar-refractivity contribution in [3.05, 3.63) is 101 Å². The van der Waals surface area contributed by atoms with Crippen molar-refractivity contribution in [2.75, 3.05) is 0 Å². The van der Waals surface area contributed by atoms with Gasteiger partial charge >= 0.3 is 0 Å². The third kappa shape index (κ3) is 5.78. The van der Waals surface area contributed by atoms with Crippen molar-refractivity contribution >= 4 is 5.57 Å². The Morgan fingerprint density at radius 1 is 0.829 bits per heavy atom. The first-order valence-corrected chi connectivity index (χ1v) is 12.7. The van der Waals surface area contributed by atoms with Gasteiger partial charge in [-0.15, -0.1) is 0 Å². The Kier molecular flexibility index (Phi) is 8.28. The molecule has 0 aliphatic heterocycles. The molecule has 35 heavy (non-hydrogen) atoms. The van der Waals surface area contributed by atoms with E-state index in [1.165, 1.54) is 0 Å². The lowest BCUT2D eigenvalue weighted by Crippen LogP contribution is -2.03. The first-order chi connectivity index (χ1) is 17.0. The van der Waals surface area contributed by atoms with Crippen LogP contribution in [0.1, 0.15) is 63.5 Å². The van der Waals surface area contributed by atoms with Gasteiger partial charge in [0, 0.05) is 11.1 Å². The summed E-state index contributed by atoms with van der Waals surface area (Å²) in [5.41, 5.74) is 4.61. The van der Waals surface area contributed by atoms with Crippen molar-refractivity contribution in [3.63, 3.8) is 0 Å². The van der Waals surface area contributed by atoms with Crippen molar-refractivity contribution in [1.29, 1.82) is 0 Å². The molecule has 0 saturated carbocycles. The highest BCUT2D eigenvalue weighted by molar-refractivity contribution is 5.74. The molecule has 1 aliphatic rings. The molecule has 3 aromatic carbocycles. The Morgan fingerprint density at radius 3 is 2.20 bits per heavy atom. The normalized spacial score (nSPS) is 16.0. The van der Waals surface area contributed by atoms with E-state index >= 15 is 4.39 Å². The SMILES string of the molecule is C/C=C/C1CC=C(c2ccc(-c3ccc(-c4ccc(CCCCC)c(F)c4F)cc3)cc2F)CC1. The van der Waals surface area contributed by atoms with Gasteiger partial charge in [-0.1, -0.05) is 86.5 Å². The van der Waals surface area contributed by atoms with Gasteiger partial charge in [0.15, 0.2) is 11.6 Å². The van der Waals surface area contributed by atoms with Crippen LogP contribution in [-0.2, 0) is 6.42 Å². The lowest BCUT2D eigenvalue weighted by molar-refractivity contribution is 0.498. The maximum atomic E-state index is 15.0. The zero-order chi connectivity index (χ0) is 24.8. The van der Waals surface area contributed by atoms with Crippen molar-refractivity contribution < 1.29 is 13.2 Å². The minimum absolute atomic E-state index is 0.228. The summed E-state index contributed by atoms with van der Waals surface area (Å²) in [6.45, 7) is 4.12. The molecule has 4 rings (SSSR count). The molecule has 0 bridgehead atoms. The number of allylic oxidation sites excluding steroid dienone is 4. The fourth-order valence-electron chi connectivity index (χ4n) is 4.91. The molecule has 0 N–H and O–H groups in total. The van der Waals surface area contributed by atoms with Crippen LogP contribution in [0.5, 0.6) is 0 Å². The third-order valence-corrected chi connectivity index (χ3v) is 6.97. The minimum atomic E-state index is -0.806. The quantitative estimate of drug-likeness (QED) is 0.225. The lowest BCUT2D eigenvalue weighted by Gasteiger charge is -2.20. The molecular formula is C32H33F3. The van der Waals surface area contributed by atoms with E-state index in [9.17, 15) is 8.78 Å². The summed E-state index contributed by atoms with van der Waals surface area (Å²) in [5, 5.41) is 0. The number of halogens is 3. The van der Waals surface area contributed by atoms with Gasteiger partial charge in [-0.25, -0.2) is 13.2 Å². The smallest absolute Gasteiger partial charge is 0.166 e. The summed E-state index contributed by atoms with van der Waals surface area (Å²) in [5.74, 6) is -1.25. The van der Waals surface area contributed by atoms with Gasteiger partial charge in [0.2, 0.25) is 0 Å². The van der Waals surface area contributed by atoms with Crippen molar-refractivity contribution in [3.8, 4) is 22.3 Å². The maximum absolute atomic E-state index is 15.0. The second-order valence-corrected chi connectivity index (χ2v) is 9.42. The molecule has 0 radical (unpaired) electrons. The zero-order valence-electron chi connectivity index (χ0n) is 20.6. The van der Waals surface area contributed by atoms with Gasteiger partial charge < -0.3 is 0 Å². The third-order valence-electron chi connectivity index (χ3n) is 6.97. The molecule has 0 amide bonds. The van der Waals surface area contributed by atoms with E-state index in [4.69, 9.17) is 0 Å². The molecule has 0 aromatic heterocycles. The topological polar surface area (TPSA) is 0 Å². The number of aryl methyl sites for hydroxylation is 1. The predicted octanol–water partition coefficient (Wildman–Crippen LogP) is 9.93. The molecule has 0 heterocycles. The van der Waals surface area contributed by atoms with Gasteiger partial charge in [0.25, 0.3) is 0 Å². The largest absolute Gasteiger partial charge is 0.206 e. The number of unbranched alkanes of at least 4 members (excludes halogenated alkanes) is 2. The maximum Gasteiger partial charge on any atom is 0.166 e. The zero-order valence-corrected chi connectivity index (χ0v) is 20.6.